The molecule has 1 aromatic carbocycles. The van der Waals surface area contributed by atoms with E-state index in [1.54, 1.807) is 18.2 Å². The maximum Gasteiger partial charge on any atom is 0.0995 e. The maximum atomic E-state index is 8.77. The molecule has 68 valence electrons. The molecule has 0 saturated carbocycles. The summed E-state index contributed by atoms with van der Waals surface area (Å²) in [5.74, 6) is 0. The number of hydrogen-bond acceptors (Lipinski definition) is 3. The topological polar surface area (TPSA) is 70.0 Å². The smallest absolute Gasteiger partial charge is 0.0995 e. The molecule has 3 heteroatoms. The Balaban J connectivity index is 2.95. The molecule has 0 spiro atoms. The Kier molecular flexibility index (Phi) is 3.30. The van der Waals surface area contributed by atoms with Crippen molar-refractivity contribution in [3.63, 3.8) is 0 Å². The number of benzene rings is 1. The summed E-state index contributed by atoms with van der Waals surface area (Å²) in [5, 5.41) is 17.4. The summed E-state index contributed by atoms with van der Waals surface area (Å²) in [4.78, 5) is 0. The van der Waals surface area contributed by atoms with Gasteiger partial charge in [0.15, 0.2) is 0 Å². The molecule has 0 aliphatic heterocycles. The molecule has 3 N–H and O–H groups in total. The van der Waals surface area contributed by atoms with Crippen molar-refractivity contribution in [3.05, 3.63) is 29.3 Å². The van der Waals surface area contributed by atoms with E-state index in [0.29, 0.717) is 24.1 Å². The number of anilines is 1. The van der Waals surface area contributed by atoms with Crippen LogP contribution < -0.4 is 5.73 Å². The lowest BCUT2D eigenvalue weighted by molar-refractivity contribution is 0.288. The summed E-state index contributed by atoms with van der Waals surface area (Å²) in [5.41, 5.74) is 7.79. The van der Waals surface area contributed by atoms with Crippen LogP contribution in [0, 0.1) is 11.3 Å². The van der Waals surface area contributed by atoms with Gasteiger partial charge in [-0.25, -0.2) is 0 Å². The third-order valence-electron chi connectivity index (χ3n) is 1.92. The van der Waals surface area contributed by atoms with E-state index < -0.39 is 0 Å². The summed E-state index contributed by atoms with van der Waals surface area (Å²) in [6.45, 7) is 0.124. The van der Waals surface area contributed by atoms with Crippen LogP contribution >= 0.6 is 0 Å². The monoisotopic (exact) mass is 176 g/mol. The van der Waals surface area contributed by atoms with E-state index in [4.69, 9.17) is 16.1 Å². The van der Waals surface area contributed by atoms with Crippen molar-refractivity contribution in [3.8, 4) is 6.07 Å². The van der Waals surface area contributed by atoms with Gasteiger partial charge in [0.2, 0.25) is 0 Å². The van der Waals surface area contributed by atoms with Crippen molar-refractivity contribution in [2.24, 2.45) is 0 Å². The van der Waals surface area contributed by atoms with Crippen molar-refractivity contribution < 1.29 is 5.11 Å². The second-order valence-electron chi connectivity index (χ2n) is 2.81. The number of hydrogen-bond donors (Lipinski definition) is 2. The van der Waals surface area contributed by atoms with E-state index in [-0.39, 0.29) is 6.61 Å². The first-order valence-electron chi connectivity index (χ1n) is 4.18. The van der Waals surface area contributed by atoms with Crippen molar-refractivity contribution >= 4 is 5.69 Å². The maximum absolute atomic E-state index is 8.77. The molecule has 0 saturated heterocycles. The highest BCUT2D eigenvalue weighted by Crippen LogP contribution is 2.17. The minimum atomic E-state index is 0.124. The SMILES string of the molecule is N#Cc1cccc(N)c1CCCO. The van der Waals surface area contributed by atoms with Crippen molar-refractivity contribution in [1.82, 2.24) is 0 Å². The predicted octanol–water partition coefficient (Wildman–Crippen LogP) is 1.07. The molecule has 0 aromatic heterocycles. The summed E-state index contributed by atoms with van der Waals surface area (Å²) < 4.78 is 0. The van der Waals surface area contributed by atoms with Crippen LogP contribution in [0.15, 0.2) is 18.2 Å². The van der Waals surface area contributed by atoms with Crippen LogP contribution in [0.4, 0.5) is 5.69 Å². The summed E-state index contributed by atoms with van der Waals surface area (Å²) in [7, 11) is 0. The van der Waals surface area contributed by atoms with Gasteiger partial charge in [-0.3, -0.25) is 0 Å². The van der Waals surface area contributed by atoms with E-state index in [9.17, 15) is 0 Å². The first-order chi connectivity index (χ1) is 6.29. The van der Waals surface area contributed by atoms with E-state index in [0.717, 1.165) is 5.56 Å². The first-order valence-corrected chi connectivity index (χ1v) is 4.18. The second kappa shape index (κ2) is 4.48. The van der Waals surface area contributed by atoms with Gasteiger partial charge in [0, 0.05) is 12.3 Å². The number of rotatable bonds is 3. The van der Waals surface area contributed by atoms with Crippen molar-refractivity contribution in [1.29, 1.82) is 5.26 Å². The fraction of sp³-hybridized carbons (Fsp3) is 0.300. The Labute approximate surface area is 77.4 Å². The van der Waals surface area contributed by atoms with Crippen LogP contribution in [0.25, 0.3) is 0 Å². The molecule has 0 unspecified atom stereocenters. The molecule has 1 aromatic rings. The van der Waals surface area contributed by atoms with Gasteiger partial charge in [-0.15, -0.1) is 0 Å². The molecule has 0 aliphatic rings. The van der Waals surface area contributed by atoms with E-state index >= 15 is 0 Å². The Morgan fingerprint density at radius 3 is 2.85 bits per heavy atom. The number of aliphatic hydroxyl groups is 1. The van der Waals surface area contributed by atoms with Gasteiger partial charge < -0.3 is 10.8 Å². The average molecular weight is 176 g/mol. The zero-order valence-electron chi connectivity index (χ0n) is 7.33. The van der Waals surface area contributed by atoms with E-state index in [1.165, 1.54) is 0 Å². The quantitative estimate of drug-likeness (QED) is 0.676. The molecular formula is C10H12N2O. The molecule has 0 radical (unpaired) electrons. The highest BCUT2D eigenvalue weighted by Gasteiger charge is 2.04. The molecule has 0 atom stereocenters. The molecule has 3 nitrogen and oxygen atoms in total. The standard InChI is InChI=1S/C10H12N2O/c11-7-8-3-1-5-10(12)9(8)4-2-6-13/h1,3,5,13H,2,4,6,12H2. The number of nitriles is 1. The minimum absolute atomic E-state index is 0.124. The van der Waals surface area contributed by atoms with Crippen LogP contribution in [0.5, 0.6) is 0 Å². The summed E-state index contributed by atoms with van der Waals surface area (Å²) in [6.07, 6.45) is 1.30. The van der Waals surface area contributed by atoms with E-state index in [2.05, 4.69) is 6.07 Å². The van der Waals surface area contributed by atoms with Crippen LogP contribution in [-0.2, 0) is 6.42 Å². The highest BCUT2D eigenvalue weighted by molar-refractivity contribution is 5.55. The van der Waals surface area contributed by atoms with Crippen LogP contribution in [-0.4, -0.2) is 11.7 Å². The fourth-order valence-corrected chi connectivity index (χ4v) is 1.24. The number of nitrogen functional groups attached to an aromatic ring is 1. The largest absolute Gasteiger partial charge is 0.398 e. The third-order valence-corrected chi connectivity index (χ3v) is 1.92. The Bertz CT molecular complexity index is 328. The molecular weight excluding hydrogens is 164 g/mol. The molecule has 0 aliphatic carbocycles. The highest BCUT2D eigenvalue weighted by atomic mass is 16.2. The molecule has 1 rings (SSSR count). The molecule has 0 bridgehead atoms. The summed E-state index contributed by atoms with van der Waals surface area (Å²) >= 11 is 0. The minimum Gasteiger partial charge on any atom is -0.398 e. The fourth-order valence-electron chi connectivity index (χ4n) is 1.24. The Hall–Kier alpha value is -1.53. The van der Waals surface area contributed by atoms with Crippen LogP contribution in [0.3, 0.4) is 0 Å². The van der Waals surface area contributed by atoms with Crippen molar-refractivity contribution in [2.45, 2.75) is 12.8 Å². The van der Waals surface area contributed by atoms with Crippen molar-refractivity contribution in [2.75, 3.05) is 12.3 Å². The van der Waals surface area contributed by atoms with Gasteiger partial charge in [-0.1, -0.05) is 6.07 Å². The third kappa shape index (κ3) is 2.20. The van der Waals surface area contributed by atoms with Gasteiger partial charge in [0.25, 0.3) is 0 Å². The van der Waals surface area contributed by atoms with Gasteiger partial charge in [-0.05, 0) is 30.5 Å². The predicted molar refractivity (Wildman–Crippen MR) is 51.0 cm³/mol. The number of nitrogens with zero attached hydrogens (tertiary/aromatic N) is 1. The lowest BCUT2D eigenvalue weighted by Gasteiger charge is -2.05. The first kappa shape index (κ1) is 9.56. The Morgan fingerprint density at radius 1 is 1.46 bits per heavy atom. The zero-order chi connectivity index (χ0) is 9.68. The molecule has 0 amide bonds. The molecule has 0 heterocycles. The van der Waals surface area contributed by atoms with Crippen LogP contribution in [0.1, 0.15) is 17.5 Å². The van der Waals surface area contributed by atoms with Crippen LogP contribution in [0.2, 0.25) is 0 Å². The number of aliphatic hydroxyl groups excluding tert-OH is 1. The average Bonchev–Trinajstić information content (AvgIpc) is 2.15. The van der Waals surface area contributed by atoms with Gasteiger partial charge >= 0.3 is 0 Å². The lowest BCUT2D eigenvalue weighted by atomic mass is 10.0. The lowest BCUT2D eigenvalue weighted by Crippen LogP contribution is -1.99. The Morgan fingerprint density at radius 2 is 2.23 bits per heavy atom. The second-order valence-corrected chi connectivity index (χ2v) is 2.81. The van der Waals surface area contributed by atoms with E-state index in [1.807, 2.05) is 0 Å². The number of nitrogens with two attached hydrogens (primary N) is 1. The molecule has 13 heavy (non-hydrogen) atoms. The van der Waals surface area contributed by atoms with Gasteiger partial charge in [0.05, 0.1) is 11.6 Å². The molecule has 0 fully saturated rings. The zero-order valence-corrected chi connectivity index (χ0v) is 7.33. The van der Waals surface area contributed by atoms with Gasteiger partial charge in [0.1, 0.15) is 0 Å². The normalized spacial score (nSPS) is 9.54. The summed E-state index contributed by atoms with van der Waals surface area (Å²) in [6, 6.07) is 7.35. The van der Waals surface area contributed by atoms with Gasteiger partial charge in [-0.2, -0.15) is 5.26 Å².